The van der Waals surface area contributed by atoms with E-state index in [0.717, 1.165) is 6.08 Å². The summed E-state index contributed by atoms with van der Waals surface area (Å²) in [4.78, 5) is 25.1. The summed E-state index contributed by atoms with van der Waals surface area (Å²) in [6.07, 6.45) is 1.20. The number of likely N-dealkylation sites (N-methyl/N-ethyl adjacent to an activating group) is 1. The molecule has 0 aromatic heterocycles. The second-order valence-corrected chi connectivity index (χ2v) is 7.73. The Balaban J connectivity index is 2.09. The maximum atomic E-state index is 12.8. The van der Waals surface area contributed by atoms with Gasteiger partial charge in [-0.05, 0) is 31.7 Å². The third kappa shape index (κ3) is 2.08. The lowest BCUT2D eigenvalue weighted by atomic mass is 10.0. The van der Waals surface area contributed by atoms with Crippen molar-refractivity contribution in [2.24, 2.45) is 0 Å². The maximum absolute atomic E-state index is 12.8. The standard InChI is InChI=1S/C15H15NO5S/c1-16-11-8-13(14(16)10(15(18)19)7-12(11)17)22(20,21)9-5-3-2-4-6-9/h2-7,11,13-14H,8H2,1H3,(H,18,19). The lowest BCUT2D eigenvalue weighted by Crippen LogP contribution is -2.46. The largest absolute Gasteiger partial charge is 0.478 e. The third-order valence-corrected chi connectivity index (χ3v) is 6.58. The maximum Gasteiger partial charge on any atom is 0.333 e. The molecule has 3 rings (SSSR count). The summed E-state index contributed by atoms with van der Waals surface area (Å²) in [5, 5.41) is 8.37. The highest BCUT2D eigenvalue weighted by molar-refractivity contribution is 7.92. The van der Waals surface area contributed by atoms with Crippen molar-refractivity contribution in [2.75, 3.05) is 7.05 Å². The van der Waals surface area contributed by atoms with Crippen molar-refractivity contribution >= 4 is 21.6 Å². The Hall–Kier alpha value is -1.99. The molecule has 0 saturated carbocycles. The number of ketones is 1. The van der Waals surface area contributed by atoms with Crippen LogP contribution in [0.3, 0.4) is 0 Å². The van der Waals surface area contributed by atoms with Gasteiger partial charge in [0.05, 0.1) is 27.8 Å². The Morgan fingerprint density at radius 2 is 1.91 bits per heavy atom. The van der Waals surface area contributed by atoms with Crippen molar-refractivity contribution in [2.45, 2.75) is 28.6 Å². The summed E-state index contributed by atoms with van der Waals surface area (Å²) in [5.74, 6) is -1.60. The molecule has 0 aliphatic carbocycles. The number of nitrogens with zero attached hydrogens (tertiary/aromatic N) is 1. The fraction of sp³-hybridized carbons (Fsp3) is 0.333. The number of carbonyl (C=O) groups excluding carboxylic acids is 1. The van der Waals surface area contributed by atoms with Crippen LogP contribution in [-0.2, 0) is 19.4 Å². The van der Waals surface area contributed by atoms with Gasteiger partial charge in [-0.3, -0.25) is 9.69 Å². The summed E-state index contributed by atoms with van der Waals surface area (Å²) < 4.78 is 25.7. The van der Waals surface area contributed by atoms with Gasteiger partial charge >= 0.3 is 5.97 Å². The fourth-order valence-electron chi connectivity index (χ4n) is 3.31. The van der Waals surface area contributed by atoms with E-state index >= 15 is 0 Å². The van der Waals surface area contributed by atoms with Gasteiger partial charge in [0.1, 0.15) is 0 Å². The molecule has 3 unspecified atom stereocenters. The topological polar surface area (TPSA) is 91.8 Å². The number of sulfone groups is 1. The van der Waals surface area contributed by atoms with Crippen molar-refractivity contribution < 1.29 is 23.1 Å². The van der Waals surface area contributed by atoms with Gasteiger partial charge in [0.2, 0.25) is 0 Å². The Morgan fingerprint density at radius 1 is 1.27 bits per heavy atom. The number of aliphatic carboxylic acids is 1. The summed E-state index contributed by atoms with van der Waals surface area (Å²) in [7, 11) is -2.11. The summed E-state index contributed by atoms with van der Waals surface area (Å²) in [6.45, 7) is 0. The molecule has 2 aliphatic rings. The molecule has 0 spiro atoms. The zero-order valence-electron chi connectivity index (χ0n) is 11.8. The van der Waals surface area contributed by atoms with Gasteiger partial charge < -0.3 is 5.11 Å². The minimum absolute atomic E-state index is 0.116. The van der Waals surface area contributed by atoms with Gasteiger partial charge in [-0.2, -0.15) is 0 Å². The molecule has 1 fully saturated rings. The van der Waals surface area contributed by atoms with E-state index in [9.17, 15) is 23.1 Å². The smallest absolute Gasteiger partial charge is 0.333 e. The average molecular weight is 321 g/mol. The first kappa shape index (κ1) is 14.9. The highest BCUT2D eigenvalue weighted by atomic mass is 32.2. The zero-order valence-corrected chi connectivity index (χ0v) is 12.7. The van der Waals surface area contributed by atoms with E-state index in [2.05, 4.69) is 0 Å². The number of carbonyl (C=O) groups is 2. The first-order valence-corrected chi connectivity index (χ1v) is 8.38. The van der Waals surface area contributed by atoms with Crippen LogP contribution in [-0.4, -0.2) is 54.6 Å². The molecule has 1 saturated heterocycles. The highest BCUT2D eigenvalue weighted by Crippen LogP contribution is 2.39. The van der Waals surface area contributed by atoms with Crippen LogP contribution in [0.4, 0.5) is 0 Å². The molecule has 3 atom stereocenters. The number of hydrogen-bond donors (Lipinski definition) is 1. The van der Waals surface area contributed by atoms with Crippen molar-refractivity contribution in [3.8, 4) is 0 Å². The highest BCUT2D eigenvalue weighted by Gasteiger charge is 2.53. The molecule has 116 valence electrons. The SMILES string of the molecule is CN1C2CC(S(=O)(=O)c3ccccc3)C1C(C(=O)O)=CC2=O. The first-order valence-electron chi connectivity index (χ1n) is 6.83. The predicted octanol–water partition coefficient (Wildman–Crippen LogP) is 0.495. The number of carboxylic acid groups (broad SMARTS) is 1. The molecule has 7 heteroatoms. The number of fused-ring (bicyclic) bond motifs is 2. The summed E-state index contributed by atoms with van der Waals surface area (Å²) in [6, 6.07) is 6.56. The van der Waals surface area contributed by atoms with E-state index in [4.69, 9.17) is 0 Å². The number of rotatable bonds is 3. The summed E-state index contributed by atoms with van der Waals surface area (Å²) >= 11 is 0. The Morgan fingerprint density at radius 3 is 2.50 bits per heavy atom. The van der Waals surface area contributed by atoms with E-state index < -0.39 is 33.1 Å². The third-order valence-electron chi connectivity index (χ3n) is 4.40. The molecule has 6 nitrogen and oxygen atoms in total. The van der Waals surface area contributed by atoms with E-state index in [0.29, 0.717) is 0 Å². The van der Waals surface area contributed by atoms with E-state index in [-0.39, 0.29) is 22.7 Å². The van der Waals surface area contributed by atoms with Crippen LogP contribution in [0.2, 0.25) is 0 Å². The first-order chi connectivity index (χ1) is 10.3. The van der Waals surface area contributed by atoms with Gasteiger partial charge in [0.15, 0.2) is 15.6 Å². The quantitative estimate of drug-likeness (QED) is 0.871. The molecule has 2 bridgehead atoms. The number of carboxylic acids is 1. The molecule has 1 N–H and O–H groups in total. The monoisotopic (exact) mass is 321 g/mol. The van der Waals surface area contributed by atoms with Gasteiger partial charge in [-0.15, -0.1) is 0 Å². The predicted molar refractivity (Wildman–Crippen MR) is 78.1 cm³/mol. The average Bonchev–Trinajstić information content (AvgIpc) is 2.73. The molecule has 22 heavy (non-hydrogen) atoms. The summed E-state index contributed by atoms with van der Waals surface area (Å²) in [5.41, 5.74) is -0.147. The van der Waals surface area contributed by atoms with Gasteiger partial charge in [0.25, 0.3) is 0 Å². The fourth-order valence-corrected chi connectivity index (χ4v) is 5.31. The van der Waals surface area contributed by atoms with E-state index in [1.54, 1.807) is 30.1 Å². The number of benzene rings is 1. The van der Waals surface area contributed by atoms with Crippen molar-refractivity contribution in [3.63, 3.8) is 0 Å². The number of hydrogen-bond acceptors (Lipinski definition) is 5. The second kappa shape index (κ2) is 5.03. The van der Waals surface area contributed by atoms with Crippen LogP contribution >= 0.6 is 0 Å². The van der Waals surface area contributed by atoms with Crippen LogP contribution in [0.5, 0.6) is 0 Å². The minimum atomic E-state index is -3.71. The zero-order chi connectivity index (χ0) is 16.1. The molecule has 1 aromatic rings. The second-order valence-electron chi connectivity index (χ2n) is 5.57. The van der Waals surface area contributed by atoms with E-state index in [1.165, 1.54) is 12.1 Å². The molecule has 2 heterocycles. The molecule has 2 aliphatic heterocycles. The molecule has 1 aromatic carbocycles. The molecular formula is C15H15NO5S. The van der Waals surface area contributed by atoms with Gasteiger partial charge in [-0.25, -0.2) is 13.2 Å². The Bertz CT molecular complexity index is 768. The van der Waals surface area contributed by atoms with Crippen LogP contribution in [0.1, 0.15) is 6.42 Å². The Kier molecular flexibility index (Phi) is 3.41. The molecular weight excluding hydrogens is 306 g/mol. The van der Waals surface area contributed by atoms with Crippen molar-refractivity contribution in [3.05, 3.63) is 42.0 Å². The minimum Gasteiger partial charge on any atom is -0.478 e. The van der Waals surface area contributed by atoms with Crippen LogP contribution in [0.15, 0.2) is 46.9 Å². The van der Waals surface area contributed by atoms with Crippen LogP contribution in [0, 0.1) is 0 Å². The Labute approximate surface area is 128 Å². The lowest BCUT2D eigenvalue weighted by molar-refractivity contribution is -0.134. The van der Waals surface area contributed by atoms with E-state index in [1.807, 2.05) is 0 Å². The van der Waals surface area contributed by atoms with Crippen LogP contribution < -0.4 is 0 Å². The lowest BCUT2D eigenvalue weighted by Gasteiger charge is -2.30. The molecule has 0 amide bonds. The van der Waals surface area contributed by atoms with Gasteiger partial charge in [0, 0.05) is 0 Å². The van der Waals surface area contributed by atoms with Crippen molar-refractivity contribution in [1.82, 2.24) is 4.90 Å². The molecule has 0 radical (unpaired) electrons. The normalized spacial score (nSPS) is 28.5. The van der Waals surface area contributed by atoms with Crippen LogP contribution in [0.25, 0.3) is 0 Å². The van der Waals surface area contributed by atoms with Gasteiger partial charge in [-0.1, -0.05) is 18.2 Å². The van der Waals surface area contributed by atoms with Crippen molar-refractivity contribution in [1.29, 1.82) is 0 Å².